The Morgan fingerprint density at radius 2 is 1.70 bits per heavy atom. The van der Waals surface area contributed by atoms with Crippen LogP contribution in [0.15, 0.2) is 23.3 Å². The summed E-state index contributed by atoms with van der Waals surface area (Å²) in [6.07, 6.45) is 3.47. The molecule has 0 heterocycles. The van der Waals surface area contributed by atoms with Crippen molar-refractivity contribution in [3.8, 4) is 0 Å². The summed E-state index contributed by atoms with van der Waals surface area (Å²) in [4.78, 5) is 11.0. The zero-order valence-corrected chi connectivity index (χ0v) is 7.06. The van der Waals surface area contributed by atoms with Crippen LogP contribution in [0.1, 0.15) is 27.7 Å². The molecule has 0 spiro atoms. The Bertz CT molecular complexity index is 181. The van der Waals surface area contributed by atoms with E-state index >= 15 is 0 Å². The van der Waals surface area contributed by atoms with Gasteiger partial charge in [-0.15, -0.1) is 0 Å². The second-order valence-electron chi connectivity index (χ2n) is 2.56. The number of hydrogen-bond acceptors (Lipinski definition) is 1. The van der Waals surface area contributed by atoms with Crippen LogP contribution in [0, 0.1) is 0 Å². The Labute approximate surface area is 62.4 Å². The van der Waals surface area contributed by atoms with Gasteiger partial charge in [0.1, 0.15) is 0 Å². The van der Waals surface area contributed by atoms with E-state index in [1.807, 2.05) is 33.8 Å². The van der Waals surface area contributed by atoms with Crippen LogP contribution in [0.2, 0.25) is 0 Å². The lowest BCUT2D eigenvalue weighted by atomic mass is 10.1. The Morgan fingerprint density at radius 3 is 2.00 bits per heavy atom. The summed E-state index contributed by atoms with van der Waals surface area (Å²) in [6.45, 7) is 7.52. The molecule has 0 aliphatic carbocycles. The SMILES string of the molecule is C/C=C(\C)C(=O)C=C(C)C. The van der Waals surface area contributed by atoms with Crippen molar-refractivity contribution in [2.75, 3.05) is 0 Å². The van der Waals surface area contributed by atoms with E-state index in [1.54, 1.807) is 6.08 Å². The van der Waals surface area contributed by atoms with Crippen molar-refractivity contribution >= 4 is 5.78 Å². The van der Waals surface area contributed by atoms with Gasteiger partial charge in [0.2, 0.25) is 0 Å². The van der Waals surface area contributed by atoms with Crippen molar-refractivity contribution in [3.05, 3.63) is 23.3 Å². The van der Waals surface area contributed by atoms with Gasteiger partial charge >= 0.3 is 0 Å². The Hall–Kier alpha value is -0.850. The molecular weight excluding hydrogens is 124 g/mol. The zero-order valence-electron chi connectivity index (χ0n) is 7.06. The van der Waals surface area contributed by atoms with Gasteiger partial charge in [-0.1, -0.05) is 11.6 Å². The van der Waals surface area contributed by atoms with Crippen molar-refractivity contribution in [2.45, 2.75) is 27.7 Å². The van der Waals surface area contributed by atoms with Crippen molar-refractivity contribution in [1.29, 1.82) is 0 Å². The number of rotatable bonds is 2. The Kier molecular flexibility index (Phi) is 3.70. The van der Waals surface area contributed by atoms with Gasteiger partial charge in [0.15, 0.2) is 5.78 Å². The molecule has 0 atom stereocenters. The molecule has 0 aliphatic rings. The average Bonchev–Trinajstić information content (AvgIpc) is 1.85. The molecule has 0 aromatic rings. The van der Waals surface area contributed by atoms with Crippen molar-refractivity contribution in [2.24, 2.45) is 0 Å². The van der Waals surface area contributed by atoms with Gasteiger partial charge in [0, 0.05) is 0 Å². The molecule has 0 fully saturated rings. The maximum atomic E-state index is 11.0. The minimum atomic E-state index is 0.113. The van der Waals surface area contributed by atoms with E-state index in [2.05, 4.69) is 0 Å². The largest absolute Gasteiger partial charge is 0.290 e. The zero-order chi connectivity index (χ0) is 8.15. The van der Waals surface area contributed by atoms with Gasteiger partial charge in [0.25, 0.3) is 0 Å². The minimum absolute atomic E-state index is 0.113. The van der Waals surface area contributed by atoms with E-state index in [9.17, 15) is 4.79 Å². The first-order valence-electron chi connectivity index (χ1n) is 3.40. The van der Waals surface area contributed by atoms with Crippen LogP contribution in [0.4, 0.5) is 0 Å². The topological polar surface area (TPSA) is 17.1 Å². The monoisotopic (exact) mass is 138 g/mol. The average molecular weight is 138 g/mol. The number of allylic oxidation sites excluding steroid dienone is 4. The van der Waals surface area contributed by atoms with Gasteiger partial charge in [-0.05, 0) is 39.3 Å². The lowest BCUT2D eigenvalue weighted by Crippen LogP contribution is -1.93. The second kappa shape index (κ2) is 4.04. The molecule has 0 aromatic carbocycles. The molecule has 0 aliphatic heterocycles. The maximum Gasteiger partial charge on any atom is 0.181 e. The first kappa shape index (κ1) is 9.15. The molecule has 0 N–H and O–H groups in total. The molecule has 0 saturated heterocycles. The smallest absolute Gasteiger partial charge is 0.181 e. The Balaban J connectivity index is 4.26. The van der Waals surface area contributed by atoms with Gasteiger partial charge in [-0.25, -0.2) is 0 Å². The summed E-state index contributed by atoms with van der Waals surface area (Å²) in [5.41, 5.74) is 1.85. The van der Waals surface area contributed by atoms with Crippen molar-refractivity contribution in [3.63, 3.8) is 0 Å². The molecule has 10 heavy (non-hydrogen) atoms. The highest BCUT2D eigenvalue weighted by molar-refractivity contribution is 6.03. The second-order valence-corrected chi connectivity index (χ2v) is 2.56. The maximum absolute atomic E-state index is 11.0. The standard InChI is InChI=1S/C9H14O/c1-5-8(4)9(10)6-7(2)3/h5-6H,1-4H3/b8-5+. The molecule has 0 radical (unpaired) electrons. The highest BCUT2D eigenvalue weighted by Crippen LogP contribution is 1.98. The van der Waals surface area contributed by atoms with E-state index < -0.39 is 0 Å². The van der Waals surface area contributed by atoms with Crippen LogP contribution >= 0.6 is 0 Å². The van der Waals surface area contributed by atoms with E-state index in [-0.39, 0.29) is 5.78 Å². The summed E-state index contributed by atoms with van der Waals surface area (Å²) >= 11 is 0. The Morgan fingerprint density at radius 1 is 1.20 bits per heavy atom. The van der Waals surface area contributed by atoms with E-state index in [0.29, 0.717) is 0 Å². The lowest BCUT2D eigenvalue weighted by Gasteiger charge is -1.92. The summed E-state index contributed by atoms with van der Waals surface area (Å²) < 4.78 is 0. The van der Waals surface area contributed by atoms with Crippen LogP contribution in [-0.2, 0) is 4.79 Å². The quantitative estimate of drug-likeness (QED) is 0.536. The van der Waals surface area contributed by atoms with Gasteiger partial charge in [-0.2, -0.15) is 0 Å². The lowest BCUT2D eigenvalue weighted by molar-refractivity contribution is -0.111. The molecular formula is C9H14O. The fraction of sp³-hybridized carbons (Fsp3) is 0.444. The third-order valence-electron chi connectivity index (χ3n) is 1.24. The summed E-state index contributed by atoms with van der Waals surface area (Å²) in [7, 11) is 0. The van der Waals surface area contributed by atoms with E-state index in [0.717, 1.165) is 11.1 Å². The van der Waals surface area contributed by atoms with E-state index in [4.69, 9.17) is 0 Å². The molecule has 0 rings (SSSR count). The number of carbonyl (C=O) groups is 1. The normalized spacial score (nSPS) is 11.0. The van der Waals surface area contributed by atoms with Crippen molar-refractivity contribution < 1.29 is 4.79 Å². The number of carbonyl (C=O) groups excluding carboxylic acids is 1. The fourth-order valence-corrected chi connectivity index (χ4v) is 0.518. The van der Waals surface area contributed by atoms with Gasteiger partial charge in [0.05, 0.1) is 0 Å². The van der Waals surface area contributed by atoms with Crippen molar-refractivity contribution in [1.82, 2.24) is 0 Å². The van der Waals surface area contributed by atoms with Gasteiger partial charge < -0.3 is 0 Å². The molecule has 0 aromatic heterocycles. The molecule has 0 bridgehead atoms. The van der Waals surface area contributed by atoms with Gasteiger partial charge in [-0.3, -0.25) is 4.79 Å². The third-order valence-corrected chi connectivity index (χ3v) is 1.24. The summed E-state index contributed by atoms with van der Waals surface area (Å²) in [5.74, 6) is 0.113. The molecule has 1 heteroatoms. The number of ketones is 1. The summed E-state index contributed by atoms with van der Waals surface area (Å²) in [6, 6.07) is 0. The predicted octanol–water partition coefficient (Wildman–Crippen LogP) is 2.49. The highest BCUT2D eigenvalue weighted by atomic mass is 16.1. The minimum Gasteiger partial charge on any atom is -0.290 e. The van der Waals surface area contributed by atoms with E-state index in [1.165, 1.54) is 0 Å². The van der Waals surface area contributed by atoms with Crippen LogP contribution in [0.3, 0.4) is 0 Å². The first-order valence-corrected chi connectivity index (χ1v) is 3.40. The molecule has 0 saturated carbocycles. The molecule has 56 valence electrons. The summed E-state index contributed by atoms with van der Waals surface area (Å²) in [5, 5.41) is 0. The molecule has 0 amide bonds. The van der Waals surface area contributed by atoms with Crippen LogP contribution in [-0.4, -0.2) is 5.78 Å². The third kappa shape index (κ3) is 3.23. The predicted molar refractivity (Wildman–Crippen MR) is 43.9 cm³/mol. The molecule has 0 unspecified atom stereocenters. The fourth-order valence-electron chi connectivity index (χ4n) is 0.518. The molecule has 1 nitrogen and oxygen atoms in total. The van der Waals surface area contributed by atoms with Crippen LogP contribution in [0.5, 0.6) is 0 Å². The van der Waals surface area contributed by atoms with Crippen LogP contribution in [0.25, 0.3) is 0 Å². The highest BCUT2D eigenvalue weighted by Gasteiger charge is 1.96. The first-order chi connectivity index (χ1) is 4.57. The number of hydrogen-bond donors (Lipinski definition) is 0. The van der Waals surface area contributed by atoms with Crippen LogP contribution < -0.4 is 0 Å².